The second-order valence-corrected chi connectivity index (χ2v) is 9.35. The molecule has 2 aromatic carbocycles. The Morgan fingerprint density at radius 2 is 1.81 bits per heavy atom. The van der Waals surface area contributed by atoms with E-state index in [4.69, 9.17) is 15.3 Å². The van der Waals surface area contributed by atoms with Gasteiger partial charge >= 0.3 is 0 Å². The van der Waals surface area contributed by atoms with Crippen molar-refractivity contribution < 1.29 is 4.79 Å². The van der Waals surface area contributed by atoms with E-state index in [1.165, 1.54) is 5.56 Å². The van der Waals surface area contributed by atoms with Crippen LogP contribution in [0.1, 0.15) is 53.9 Å². The number of nitrogens with one attached hydrogen (secondary N) is 1. The molecule has 0 bridgehead atoms. The van der Waals surface area contributed by atoms with E-state index < -0.39 is 0 Å². The Bertz CT molecular complexity index is 1410. The molecule has 0 spiro atoms. The SMILES string of the molecule is CC(=O)N1CCC(c2[nH]nc(-c3ccc(C)cc3)c2-c2ccnc(Cc3ccc(C#N)cc3)n2)CC1. The van der Waals surface area contributed by atoms with Crippen LogP contribution in [-0.4, -0.2) is 44.1 Å². The second kappa shape index (κ2) is 10.1. The van der Waals surface area contributed by atoms with E-state index in [1.54, 1.807) is 13.1 Å². The van der Waals surface area contributed by atoms with Gasteiger partial charge in [0.05, 0.1) is 17.3 Å². The molecular formula is C29H28N6O. The van der Waals surface area contributed by atoms with Crippen LogP contribution in [0, 0.1) is 18.3 Å². The predicted molar refractivity (Wildman–Crippen MR) is 138 cm³/mol. The Balaban J connectivity index is 1.52. The molecule has 0 saturated carbocycles. The van der Waals surface area contributed by atoms with E-state index in [9.17, 15) is 4.79 Å². The number of aryl methyl sites for hydroxylation is 1. The van der Waals surface area contributed by atoms with Gasteiger partial charge < -0.3 is 4.90 Å². The van der Waals surface area contributed by atoms with Crippen molar-refractivity contribution in [2.24, 2.45) is 0 Å². The van der Waals surface area contributed by atoms with Crippen LogP contribution in [0.4, 0.5) is 0 Å². The van der Waals surface area contributed by atoms with Gasteiger partial charge in [0.25, 0.3) is 0 Å². The first-order chi connectivity index (χ1) is 17.5. The highest BCUT2D eigenvalue weighted by atomic mass is 16.2. The number of likely N-dealkylation sites (tertiary alicyclic amines) is 1. The van der Waals surface area contributed by atoms with Crippen LogP contribution in [0.3, 0.4) is 0 Å². The fourth-order valence-electron chi connectivity index (χ4n) is 4.82. The fourth-order valence-corrected chi connectivity index (χ4v) is 4.82. The highest BCUT2D eigenvalue weighted by molar-refractivity contribution is 5.81. The number of aromatic nitrogens is 4. The summed E-state index contributed by atoms with van der Waals surface area (Å²) >= 11 is 0. The van der Waals surface area contributed by atoms with Crippen LogP contribution in [0.2, 0.25) is 0 Å². The Hall–Kier alpha value is -4.31. The van der Waals surface area contributed by atoms with Crippen molar-refractivity contribution in [2.75, 3.05) is 13.1 Å². The fraction of sp³-hybridized carbons (Fsp3) is 0.276. The Morgan fingerprint density at radius 3 is 2.47 bits per heavy atom. The molecule has 0 aliphatic carbocycles. The molecule has 1 N–H and O–H groups in total. The Labute approximate surface area is 210 Å². The van der Waals surface area contributed by atoms with E-state index in [2.05, 4.69) is 47.3 Å². The van der Waals surface area contributed by atoms with Gasteiger partial charge in [-0.3, -0.25) is 9.89 Å². The number of nitriles is 1. The number of nitrogens with zero attached hydrogens (tertiary/aromatic N) is 5. The van der Waals surface area contributed by atoms with Gasteiger partial charge in [-0.15, -0.1) is 0 Å². The summed E-state index contributed by atoms with van der Waals surface area (Å²) in [5.41, 5.74) is 7.69. The summed E-state index contributed by atoms with van der Waals surface area (Å²) in [6, 6.07) is 20.0. The topological polar surface area (TPSA) is 98.6 Å². The number of carbonyl (C=O) groups excluding carboxylic acids is 1. The molecule has 180 valence electrons. The molecule has 1 aliphatic heterocycles. The molecule has 0 unspecified atom stereocenters. The third kappa shape index (κ3) is 4.89. The van der Waals surface area contributed by atoms with Crippen LogP contribution in [0.25, 0.3) is 22.5 Å². The second-order valence-electron chi connectivity index (χ2n) is 9.35. The Morgan fingerprint density at radius 1 is 1.08 bits per heavy atom. The summed E-state index contributed by atoms with van der Waals surface area (Å²) < 4.78 is 0. The number of piperidine rings is 1. The molecule has 5 rings (SSSR count). The quantitative estimate of drug-likeness (QED) is 0.436. The largest absolute Gasteiger partial charge is 0.343 e. The minimum Gasteiger partial charge on any atom is -0.343 e. The van der Waals surface area contributed by atoms with Gasteiger partial charge in [-0.2, -0.15) is 10.4 Å². The molecule has 0 radical (unpaired) electrons. The van der Waals surface area contributed by atoms with Crippen LogP contribution >= 0.6 is 0 Å². The predicted octanol–water partition coefficient (Wildman–Crippen LogP) is 5.03. The van der Waals surface area contributed by atoms with Gasteiger partial charge in [-0.05, 0) is 43.5 Å². The summed E-state index contributed by atoms with van der Waals surface area (Å²) in [6.45, 7) is 5.19. The zero-order chi connectivity index (χ0) is 25.1. The molecule has 4 aromatic rings. The lowest BCUT2D eigenvalue weighted by Crippen LogP contribution is -2.36. The van der Waals surface area contributed by atoms with Gasteiger partial charge in [0, 0.05) is 55.4 Å². The van der Waals surface area contributed by atoms with Crippen molar-refractivity contribution in [1.29, 1.82) is 5.26 Å². The monoisotopic (exact) mass is 476 g/mol. The number of H-pyrrole nitrogens is 1. The van der Waals surface area contributed by atoms with Crippen LogP contribution in [0.15, 0.2) is 60.8 Å². The Kier molecular flexibility index (Phi) is 6.59. The van der Waals surface area contributed by atoms with Gasteiger partial charge in [-0.25, -0.2) is 9.97 Å². The number of hydrogen-bond acceptors (Lipinski definition) is 5. The molecule has 36 heavy (non-hydrogen) atoms. The first-order valence-electron chi connectivity index (χ1n) is 12.2. The van der Waals surface area contributed by atoms with E-state index in [0.29, 0.717) is 17.8 Å². The number of rotatable bonds is 5. The standard InChI is InChI=1S/C29H28N6O/c1-19-3-9-23(10-4-19)28-27(29(34-33-28)24-12-15-35(16-13-24)20(2)36)25-11-14-31-26(32-25)17-21-5-7-22(18-30)8-6-21/h3-11,14,24H,12-13,15-17H2,1-2H3,(H,33,34). The first-order valence-corrected chi connectivity index (χ1v) is 12.2. The van der Waals surface area contributed by atoms with E-state index in [1.807, 2.05) is 35.2 Å². The van der Waals surface area contributed by atoms with Crippen molar-refractivity contribution in [1.82, 2.24) is 25.1 Å². The van der Waals surface area contributed by atoms with E-state index in [-0.39, 0.29) is 11.8 Å². The summed E-state index contributed by atoms with van der Waals surface area (Å²) in [6.07, 6.45) is 4.13. The molecule has 0 atom stereocenters. The lowest BCUT2D eigenvalue weighted by molar-refractivity contribution is -0.129. The summed E-state index contributed by atoms with van der Waals surface area (Å²) in [5.74, 6) is 1.10. The zero-order valence-corrected chi connectivity index (χ0v) is 20.5. The molecule has 1 fully saturated rings. The lowest BCUT2D eigenvalue weighted by atomic mass is 9.88. The van der Waals surface area contributed by atoms with Crippen molar-refractivity contribution in [3.05, 3.63) is 89.0 Å². The molecule has 3 heterocycles. The van der Waals surface area contributed by atoms with Crippen molar-refractivity contribution in [3.63, 3.8) is 0 Å². The molecule has 7 heteroatoms. The zero-order valence-electron chi connectivity index (χ0n) is 20.5. The van der Waals surface area contributed by atoms with Gasteiger partial charge in [0.15, 0.2) is 0 Å². The van der Waals surface area contributed by atoms with Crippen LogP contribution in [-0.2, 0) is 11.2 Å². The minimum absolute atomic E-state index is 0.127. The third-order valence-electron chi connectivity index (χ3n) is 6.87. The number of carbonyl (C=O) groups is 1. The maximum absolute atomic E-state index is 11.8. The average Bonchev–Trinajstić information content (AvgIpc) is 3.35. The van der Waals surface area contributed by atoms with Crippen LogP contribution in [0.5, 0.6) is 0 Å². The van der Waals surface area contributed by atoms with E-state index in [0.717, 1.165) is 59.7 Å². The number of amides is 1. The van der Waals surface area contributed by atoms with Crippen molar-refractivity contribution in [2.45, 2.75) is 39.0 Å². The third-order valence-corrected chi connectivity index (χ3v) is 6.87. The average molecular weight is 477 g/mol. The van der Waals surface area contributed by atoms with Gasteiger partial charge in [0.1, 0.15) is 11.5 Å². The van der Waals surface area contributed by atoms with Crippen molar-refractivity contribution >= 4 is 5.91 Å². The maximum atomic E-state index is 11.8. The van der Waals surface area contributed by atoms with E-state index >= 15 is 0 Å². The summed E-state index contributed by atoms with van der Waals surface area (Å²) in [5, 5.41) is 17.2. The van der Waals surface area contributed by atoms with Crippen molar-refractivity contribution in [3.8, 4) is 28.6 Å². The molecule has 7 nitrogen and oxygen atoms in total. The van der Waals surface area contributed by atoms with Gasteiger partial charge in [-0.1, -0.05) is 42.0 Å². The maximum Gasteiger partial charge on any atom is 0.219 e. The number of aromatic amines is 1. The highest BCUT2D eigenvalue weighted by Gasteiger charge is 2.28. The first kappa shape index (κ1) is 23.4. The summed E-state index contributed by atoms with van der Waals surface area (Å²) in [7, 11) is 0. The number of benzene rings is 2. The minimum atomic E-state index is 0.127. The normalized spacial score (nSPS) is 14.0. The van der Waals surface area contributed by atoms with Gasteiger partial charge in [0.2, 0.25) is 5.91 Å². The number of hydrogen-bond donors (Lipinski definition) is 1. The molecule has 1 saturated heterocycles. The molecular weight excluding hydrogens is 448 g/mol. The van der Waals surface area contributed by atoms with Crippen LogP contribution < -0.4 is 0 Å². The highest BCUT2D eigenvalue weighted by Crippen LogP contribution is 2.39. The smallest absolute Gasteiger partial charge is 0.219 e. The molecule has 1 amide bonds. The molecule has 1 aliphatic rings. The summed E-state index contributed by atoms with van der Waals surface area (Å²) in [4.78, 5) is 23.2. The molecule has 2 aromatic heterocycles. The lowest BCUT2D eigenvalue weighted by Gasteiger charge is -2.31.